The van der Waals surface area contributed by atoms with E-state index in [4.69, 9.17) is 24.4 Å². The Bertz CT molecular complexity index is 446. The molecule has 0 aromatic carbocycles. The molecule has 0 aliphatic carbocycles. The van der Waals surface area contributed by atoms with Gasteiger partial charge in [-0.15, -0.1) is 0 Å². The molecule has 2 aliphatic heterocycles. The molecular formula is C12H20O12. The Morgan fingerprint density at radius 1 is 0.875 bits per heavy atom. The van der Waals surface area contributed by atoms with Crippen LogP contribution in [0, 0.1) is 0 Å². The SMILES string of the molecule is O=C(O)[C@H]1O[C@H](O[C@@H]2[C@H](O)[C@@H](O)O[C@H](CO)[C@H]2O)[C@H](O)[C@@H](O)[C@@H]1O. The van der Waals surface area contributed by atoms with Gasteiger partial charge >= 0.3 is 5.97 Å². The van der Waals surface area contributed by atoms with Gasteiger partial charge in [0.05, 0.1) is 6.61 Å². The molecule has 2 fully saturated rings. The molecule has 2 saturated heterocycles. The maximum atomic E-state index is 11.0. The van der Waals surface area contributed by atoms with Gasteiger partial charge in [0, 0.05) is 0 Å². The van der Waals surface area contributed by atoms with Gasteiger partial charge in [-0.1, -0.05) is 0 Å². The zero-order valence-corrected chi connectivity index (χ0v) is 12.2. The second kappa shape index (κ2) is 7.53. The summed E-state index contributed by atoms with van der Waals surface area (Å²) in [6.07, 6.45) is -17.8. The first kappa shape index (κ1) is 19.4. The van der Waals surface area contributed by atoms with E-state index in [1.165, 1.54) is 0 Å². The van der Waals surface area contributed by atoms with Gasteiger partial charge in [-0.05, 0) is 0 Å². The van der Waals surface area contributed by atoms with Crippen LogP contribution in [-0.2, 0) is 19.0 Å². The van der Waals surface area contributed by atoms with E-state index < -0.39 is 74.0 Å². The zero-order chi connectivity index (χ0) is 18.2. The van der Waals surface area contributed by atoms with E-state index in [-0.39, 0.29) is 0 Å². The van der Waals surface area contributed by atoms with Gasteiger partial charge in [0.25, 0.3) is 0 Å². The van der Waals surface area contributed by atoms with E-state index in [1.807, 2.05) is 0 Å². The highest BCUT2D eigenvalue weighted by molar-refractivity contribution is 5.73. The Balaban J connectivity index is 2.16. The summed E-state index contributed by atoms with van der Waals surface area (Å²) in [6, 6.07) is 0. The Kier molecular flexibility index (Phi) is 6.09. The van der Waals surface area contributed by atoms with E-state index >= 15 is 0 Å². The fourth-order valence-corrected chi connectivity index (χ4v) is 2.55. The molecule has 0 bridgehead atoms. The first-order valence-electron chi connectivity index (χ1n) is 7.07. The summed E-state index contributed by atoms with van der Waals surface area (Å²) < 4.78 is 14.7. The van der Waals surface area contributed by atoms with Gasteiger partial charge in [0.2, 0.25) is 0 Å². The van der Waals surface area contributed by atoms with Crippen molar-refractivity contribution in [2.75, 3.05) is 6.61 Å². The van der Waals surface area contributed by atoms with E-state index in [0.29, 0.717) is 0 Å². The quantitative estimate of drug-likeness (QED) is 0.238. The van der Waals surface area contributed by atoms with Crippen LogP contribution in [0.1, 0.15) is 0 Å². The van der Waals surface area contributed by atoms with Gasteiger partial charge in [0.1, 0.15) is 42.7 Å². The van der Waals surface area contributed by atoms with E-state index in [1.54, 1.807) is 0 Å². The molecule has 0 unspecified atom stereocenters. The highest BCUT2D eigenvalue weighted by Crippen LogP contribution is 2.28. The second-order valence-electron chi connectivity index (χ2n) is 5.56. The molecule has 2 rings (SSSR count). The normalized spacial score (nSPS) is 49.8. The number of carboxylic acids is 1. The van der Waals surface area contributed by atoms with Crippen molar-refractivity contribution in [3.05, 3.63) is 0 Å². The van der Waals surface area contributed by atoms with Crippen LogP contribution in [0.4, 0.5) is 0 Å². The van der Waals surface area contributed by atoms with Crippen molar-refractivity contribution in [3.8, 4) is 0 Å². The lowest BCUT2D eigenvalue weighted by atomic mass is 9.97. The minimum absolute atomic E-state index is 0.724. The molecule has 140 valence electrons. The van der Waals surface area contributed by atoms with E-state index in [0.717, 1.165) is 0 Å². The fraction of sp³-hybridized carbons (Fsp3) is 0.917. The third kappa shape index (κ3) is 3.52. The zero-order valence-electron chi connectivity index (χ0n) is 12.2. The molecule has 24 heavy (non-hydrogen) atoms. The first-order valence-corrected chi connectivity index (χ1v) is 7.07. The van der Waals surface area contributed by atoms with Gasteiger partial charge < -0.3 is 55.1 Å². The lowest BCUT2D eigenvalue weighted by Gasteiger charge is -2.44. The number of rotatable bonds is 4. The number of hydrogen-bond donors (Lipinski definition) is 8. The molecule has 8 N–H and O–H groups in total. The van der Waals surface area contributed by atoms with Crippen LogP contribution in [0.2, 0.25) is 0 Å². The summed E-state index contributed by atoms with van der Waals surface area (Å²) >= 11 is 0. The predicted octanol–water partition coefficient (Wildman–Crippen LogP) is -5.30. The molecule has 0 aromatic heterocycles. The number of aliphatic carboxylic acids is 1. The highest BCUT2D eigenvalue weighted by atomic mass is 16.7. The summed E-state index contributed by atoms with van der Waals surface area (Å²) in [6.45, 7) is -0.724. The number of aliphatic hydroxyl groups excluding tert-OH is 7. The van der Waals surface area contributed by atoms with Crippen LogP contribution < -0.4 is 0 Å². The van der Waals surface area contributed by atoms with Crippen LogP contribution in [0.15, 0.2) is 0 Å². The Labute approximate surface area is 135 Å². The molecule has 0 spiro atoms. The molecule has 12 nitrogen and oxygen atoms in total. The average molecular weight is 356 g/mol. The predicted molar refractivity (Wildman–Crippen MR) is 69.2 cm³/mol. The van der Waals surface area contributed by atoms with Crippen LogP contribution >= 0.6 is 0 Å². The summed E-state index contributed by atoms with van der Waals surface area (Å²) in [5.41, 5.74) is 0. The Hall–Kier alpha value is -0.930. The minimum Gasteiger partial charge on any atom is -0.479 e. The average Bonchev–Trinajstić information content (AvgIpc) is 2.54. The van der Waals surface area contributed by atoms with Crippen LogP contribution in [0.3, 0.4) is 0 Å². The summed E-state index contributed by atoms with van der Waals surface area (Å²) in [5.74, 6) is -1.64. The van der Waals surface area contributed by atoms with Crippen molar-refractivity contribution in [1.82, 2.24) is 0 Å². The van der Waals surface area contributed by atoms with Crippen LogP contribution in [0.5, 0.6) is 0 Å². The summed E-state index contributed by atoms with van der Waals surface area (Å²) in [5, 5.41) is 76.4. The van der Waals surface area contributed by atoms with Crippen molar-refractivity contribution in [2.24, 2.45) is 0 Å². The summed E-state index contributed by atoms with van der Waals surface area (Å²) in [7, 11) is 0. The summed E-state index contributed by atoms with van der Waals surface area (Å²) in [4.78, 5) is 11.0. The number of carbonyl (C=O) groups is 1. The molecule has 0 saturated carbocycles. The molecule has 0 amide bonds. The monoisotopic (exact) mass is 356 g/mol. The second-order valence-corrected chi connectivity index (χ2v) is 5.56. The van der Waals surface area contributed by atoms with Crippen LogP contribution in [-0.4, -0.2) is 115 Å². The number of ether oxygens (including phenoxy) is 3. The van der Waals surface area contributed by atoms with E-state index in [9.17, 15) is 35.4 Å². The van der Waals surface area contributed by atoms with Crippen molar-refractivity contribution in [2.45, 2.75) is 61.4 Å². The Morgan fingerprint density at radius 3 is 2.04 bits per heavy atom. The molecule has 10 atom stereocenters. The maximum Gasteiger partial charge on any atom is 0.335 e. The lowest BCUT2D eigenvalue weighted by Crippen LogP contribution is -2.65. The molecule has 2 heterocycles. The number of hydrogen-bond acceptors (Lipinski definition) is 11. The third-order valence-corrected chi connectivity index (χ3v) is 3.94. The minimum atomic E-state index is -1.93. The van der Waals surface area contributed by atoms with Gasteiger partial charge in [-0.2, -0.15) is 0 Å². The number of aliphatic hydroxyl groups is 7. The molecule has 2 aliphatic rings. The smallest absolute Gasteiger partial charge is 0.335 e. The molecule has 12 heteroatoms. The standard InChI is InChI=1S/C12H20O12/c13-1-2-3(14)8(7(18)11(21)22-2)23-12-6(17)4(15)5(16)9(24-12)10(19)20/h2-9,11-18,21H,1H2,(H,19,20)/t2-,3-,4+,5+,6-,7+,8+,9+,11+,12+/m1/s1. The van der Waals surface area contributed by atoms with Crippen molar-refractivity contribution in [1.29, 1.82) is 0 Å². The van der Waals surface area contributed by atoms with Crippen molar-refractivity contribution < 1.29 is 59.9 Å². The van der Waals surface area contributed by atoms with E-state index in [2.05, 4.69) is 0 Å². The van der Waals surface area contributed by atoms with Gasteiger partial charge in [0.15, 0.2) is 18.7 Å². The van der Waals surface area contributed by atoms with Crippen molar-refractivity contribution >= 4 is 5.97 Å². The lowest BCUT2D eigenvalue weighted by molar-refractivity contribution is -0.351. The maximum absolute atomic E-state index is 11.0. The first-order chi connectivity index (χ1) is 11.2. The third-order valence-electron chi connectivity index (χ3n) is 3.94. The molecule has 0 aromatic rings. The van der Waals surface area contributed by atoms with Gasteiger partial charge in [-0.25, -0.2) is 4.79 Å². The largest absolute Gasteiger partial charge is 0.479 e. The van der Waals surface area contributed by atoms with Crippen LogP contribution in [0.25, 0.3) is 0 Å². The molecular weight excluding hydrogens is 336 g/mol. The topological polar surface area (TPSA) is 207 Å². The van der Waals surface area contributed by atoms with Crippen molar-refractivity contribution in [3.63, 3.8) is 0 Å². The highest BCUT2D eigenvalue weighted by Gasteiger charge is 2.51. The number of carboxylic acid groups (broad SMARTS) is 1. The molecule has 0 radical (unpaired) electrons. The fourth-order valence-electron chi connectivity index (χ4n) is 2.55. The van der Waals surface area contributed by atoms with Gasteiger partial charge in [-0.3, -0.25) is 0 Å². The Morgan fingerprint density at radius 2 is 1.50 bits per heavy atom.